The van der Waals surface area contributed by atoms with Crippen LogP contribution in [-0.4, -0.2) is 4.98 Å². The quantitative estimate of drug-likeness (QED) is 0.903. The topological polar surface area (TPSA) is 88.3 Å². The largest absolute Gasteiger partial charge is 0.383 e. The second-order valence-corrected chi connectivity index (χ2v) is 4.88. The predicted molar refractivity (Wildman–Crippen MR) is 60.5 cm³/mol. The minimum Gasteiger partial charge on any atom is -0.383 e. The van der Waals surface area contributed by atoms with Gasteiger partial charge in [0.25, 0.3) is 0 Å². The first-order valence-corrected chi connectivity index (χ1v) is 5.77. The van der Waals surface area contributed by atoms with Crippen molar-refractivity contribution < 1.29 is 0 Å². The highest BCUT2D eigenvalue weighted by Gasteiger charge is 2.51. The minimum absolute atomic E-state index is 0.348. The van der Waals surface area contributed by atoms with Crippen LogP contribution >= 0.6 is 15.9 Å². The lowest BCUT2D eigenvalue weighted by Gasteiger charge is -2.20. The summed E-state index contributed by atoms with van der Waals surface area (Å²) >= 11 is 3.37. The molecule has 2 N–H and O–H groups in total. The van der Waals surface area contributed by atoms with E-state index in [1.165, 1.54) is 0 Å². The summed E-state index contributed by atoms with van der Waals surface area (Å²) in [5, 5.41) is 15.6. The third kappa shape index (κ3) is 1.35. The number of hydrogen-bond donors (Lipinski definition) is 1. The molecule has 1 saturated carbocycles. The molecule has 0 saturated heterocycles. The summed E-state index contributed by atoms with van der Waals surface area (Å²) in [6.07, 6.45) is 3.80. The number of nitrogen functional groups attached to an aromatic ring is 1. The van der Waals surface area contributed by atoms with E-state index in [-0.39, 0.29) is 0 Å². The van der Waals surface area contributed by atoms with Gasteiger partial charge in [0.15, 0.2) is 0 Å². The standard InChI is InChI=1S/C9H9BrN6/c10-6-3-7(8(11)12-4-6)9(5-1-2-5)13-15-16-14-9/h3-5H,1-2H2,(H2,11,12). The number of nitrogens with two attached hydrogens (primary N) is 1. The zero-order valence-electron chi connectivity index (χ0n) is 8.34. The molecule has 3 rings (SSSR count). The molecule has 16 heavy (non-hydrogen) atoms. The lowest BCUT2D eigenvalue weighted by molar-refractivity contribution is 0.401. The van der Waals surface area contributed by atoms with Crippen LogP contribution in [0.1, 0.15) is 18.4 Å². The third-order valence-corrected chi connectivity index (χ3v) is 3.30. The Bertz CT molecular complexity index is 481. The molecule has 1 fully saturated rings. The van der Waals surface area contributed by atoms with Gasteiger partial charge in [0.05, 0.1) is 0 Å². The van der Waals surface area contributed by atoms with Crippen LogP contribution in [0.3, 0.4) is 0 Å². The number of nitrogens with zero attached hydrogens (tertiary/aromatic N) is 5. The highest BCUT2D eigenvalue weighted by atomic mass is 79.9. The van der Waals surface area contributed by atoms with Crippen molar-refractivity contribution in [3.8, 4) is 0 Å². The van der Waals surface area contributed by atoms with Crippen LogP contribution in [0.15, 0.2) is 37.4 Å². The SMILES string of the molecule is Nc1ncc(Br)cc1C1(C2CC2)N=NN=N1. The molecule has 82 valence electrons. The molecule has 0 atom stereocenters. The molecule has 1 aromatic heterocycles. The van der Waals surface area contributed by atoms with Crippen molar-refractivity contribution in [2.24, 2.45) is 26.6 Å². The number of rotatable bonds is 2. The molecule has 2 aliphatic rings. The van der Waals surface area contributed by atoms with Gasteiger partial charge in [0.2, 0.25) is 5.66 Å². The van der Waals surface area contributed by atoms with Gasteiger partial charge in [-0.3, -0.25) is 0 Å². The first-order valence-electron chi connectivity index (χ1n) is 4.98. The van der Waals surface area contributed by atoms with E-state index < -0.39 is 5.66 Å². The van der Waals surface area contributed by atoms with E-state index in [4.69, 9.17) is 5.73 Å². The van der Waals surface area contributed by atoms with E-state index in [9.17, 15) is 0 Å². The number of hydrogen-bond acceptors (Lipinski definition) is 6. The second kappa shape index (κ2) is 3.31. The van der Waals surface area contributed by atoms with Crippen molar-refractivity contribution in [2.45, 2.75) is 18.5 Å². The Labute approximate surface area is 100 Å². The smallest absolute Gasteiger partial charge is 0.226 e. The van der Waals surface area contributed by atoms with Crippen molar-refractivity contribution >= 4 is 21.7 Å². The molecule has 1 aliphatic carbocycles. The van der Waals surface area contributed by atoms with Crippen LogP contribution in [0.25, 0.3) is 0 Å². The van der Waals surface area contributed by atoms with Crippen LogP contribution in [0, 0.1) is 5.92 Å². The van der Waals surface area contributed by atoms with Gasteiger partial charge in [0.1, 0.15) is 5.82 Å². The van der Waals surface area contributed by atoms with Gasteiger partial charge < -0.3 is 5.73 Å². The fraction of sp³-hybridized carbons (Fsp3) is 0.444. The molecule has 1 aliphatic heterocycles. The van der Waals surface area contributed by atoms with E-state index in [0.717, 1.165) is 22.9 Å². The van der Waals surface area contributed by atoms with Gasteiger partial charge in [0, 0.05) is 22.2 Å². The van der Waals surface area contributed by atoms with Crippen molar-refractivity contribution in [2.75, 3.05) is 5.73 Å². The van der Waals surface area contributed by atoms with Crippen molar-refractivity contribution in [1.82, 2.24) is 4.98 Å². The van der Waals surface area contributed by atoms with Crippen molar-refractivity contribution in [1.29, 1.82) is 0 Å². The third-order valence-electron chi connectivity index (χ3n) is 2.86. The molecule has 0 amide bonds. The fourth-order valence-corrected chi connectivity index (χ4v) is 2.25. The molecule has 0 bridgehead atoms. The lowest BCUT2D eigenvalue weighted by Crippen LogP contribution is -2.23. The predicted octanol–water partition coefficient (Wildman–Crippen LogP) is 2.82. The van der Waals surface area contributed by atoms with Gasteiger partial charge in [-0.25, -0.2) is 4.98 Å². The highest BCUT2D eigenvalue weighted by Crippen LogP contribution is 2.52. The van der Waals surface area contributed by atoms with Gasteiger partial charge in [-0.2, -0.15) is 0 Å². The zero-order valence-corrected chi connectivity index (χ0v) is 9.92. The maximum atomic E-state index is 5.88. The Morgan fingerprint density at radius 2 is 2.00 bits per heavy atom. The molecular weight excluding hydrogens is 272 g/mol. The molecule has 7 heteroatoms. The number of anilines is 1. The Kier molecular flexibility index (Phi) is 2.03. The van der Waals surface area contributed by atoms with E-state index >= 15 is 0 Å². The second-order valence-electron chi connectivity index (χ2n) is 3.97. The molecule has 0 unspecified atom stereocenters. The van der Waals surface area contributed by atoms with Crippen LogP contribution in [0.4, 0.5) is 5.82 Å². The zero-order chi connectivity index (χ0) is 11.2. The maximum Gasteiger partial charge on any atom is 0.226 e. The van der Waals surface area contributed by atoms with Crippen LogP contribution < -0.4 is 5.73 Å². The average molecular weight is 281 g/mol. The summed E-state index contributed by atoms with van der Waals surface area (Å²) in [6, 6.07) is 1.89. The van der Waals surface area contributed by atoms with Crippen molar-refractivity contribution in [3.63, 3.8) is 0 Å². The Morgan fingerprint density at radius 1 is 1.31 bits per heavy atom. The van der Waals surface area contributed by atoms with E-state index in [0.29, 0.717) is 11.7 Å². The molecule has 1 aromatic rings. The molecule has 6 nitrogen and oxygen atoms in total. The Morgan fingerprint density at radius 3 is 2.62 bits per heavy atom. The number of halogens is 1. The monoisotopic (exact) mass is 280 g/mol. The molecule has 0 aromatic carbocycles. The molecule has 0 radical (unpaired) electrons. The number of aromatic nitrogens is 1. The van der Waals surface area contributed by atoms with Gasteiger partial charge in [-0.15, -0.1) is 10.2 Å². The van der Waals surface area contributed by atoms with Crippen LogP contribution in [0.2, 0.25) is 0 Å². The lowest BCUT2D eigenvalue weighted by atomic mass is 9.96. The molecule has 2 heterocycles. The van der Waals surface area contributed by atoms with E-state index in [1.807, 2.05) is 6.07 Å². The Hall–Kier alpha value is -1.37. The minimum atomic E-state index is -0.721. The summed E-state index contributed by atoms with van der Waals surface area (Å²) in [5.74, 6) is 0.788. The van der Waals surface area contributed by atoms with Gasteiger partial charge in [-0.1, -0.05) is 0 Å². The summed E-state index contributed by atoms with van der Waals surface area (Å²) in [4.78, 5) is 4.11. The first kappa shape index (κ1) is 9.83. The van der Waals surface area contributed by atoms with Crippen molar-refractivity contribution in [3.05, 3.63) is 22.3 Å². The summed E-state index contributed by atoms with van der Waals surface area (Å²) in [6.45, 7) is 0. The highest BCUT2D eigenvalue weighted by molar-refractivity contribution is 9.10. The van der Waals surface area contributed by atoms with Gasteiger partial charge >= 0.3 is 0 Å². The first-order chi connectivity index (χ1) is 7.72. The Balaban J connectivity index is 2.16. The van der Waals surface area contributed by atoms with Crippen LogP contribution in [0.5, 0.6) is 0 Å². The fourth-order valence-electron chi connectivity index (χ4n) is 1.92. The van der Waals surface area contributed by atoms with E-state index in [1.54, 1.807) is 6.20 Å². The number of pyridine rings is 1. The van der Waals surface area contributed by atoms with Gasteiger partial charge in [-0.05, 0) is 45.3 Å². The summed E-state index contributed by atoms with van der Waals surface area (Å²) < 4.78 is 0.856. The molecule has 0 spiro atoms. The average Bonchev–Trinajstić information content (AvgIpc) is 3.02. The maximum absolute atomic E-state index is 5.88. The summed E-state index contributed by atoms with van der Waals surface area (Å²) in [7, 11) is 0. The summed E-state index contributed by atoms with van der Waals surface area (Å²) in [5.41, 5.74) is 5.95. The van der Waals surface area contributed by atoms with E-state index in [2.05, 4.69) is 41.6 Å². The van der Waals surface area contributed by atoms with Crippen LogP contribution in [-0.2, 0) is 5.66 Å². The molecular formula is C9H9BrN6. The normalized spacial score (nSPS) is 21.6.